The lowest BCUT2D eigenvalue weighted by Crippen LogP contribution is -2.31. The molecule has 1 atom stereocenters. The van der Waals surface area contributed by atoms with Crippen LogP contribution >= 0.6 is 0 Å². The van der Waals surface area contributed by atoms with E-state index in [9.17, 15) is 8.42 Å². The summed E-state index contributed by atoms with van der Waals surface area (Å²) in [6.45, 7) is 5.76. The fraction of sp³-hybridized carbons (Fsp3) is 0.385. The van der Waals surface area contributed by atoms with E-state index in [2.05, 4.69) is 4.72 Å². The van der Waals surface area contributed by atoms with E-state index in [4.69, 9.17) is 0 Å². The maximum Gasteiger partial charge on any atom is 0.241 e. The Kier molecular flexibility index (Phi) is 4.90. The van der Waals surface area contributed by atoms with Crippen LogP contribution in [0.25, 0.3) is 0 Å². The Morgan fingerprint density at radius 1 is 1.29 bits per heavy atom. The summed E-state index contributed by atoms with van der Waals surface area (Å²) in [5.74, 6) is 0. The summed E-state index contributed by atoms with van der Waals surface area (Å²) in [5.41, 5.74) is 1.04. The predicted octanol–water partition coefficient (Wildman–Crippen LogP) is 2.63. The molecule has 0 heterocycles. The van der Waals surface area contributed by atoms with Crippen LogP contribution in [-0.2, 0) is 10.0 Å². The Hall–Kier alpha value is -1.13. The molecule has 1 unspecified atom stereocenters. The van der Waals surface area contributed by atoms with Crippen LogP contribution in [0.4, 0.5) is 0 Å². The quantitative estimate of drug-likeness (QED) is 0.820. The molecule has 94 valence electrons. The average Bonchev–Trinajstić information content (AvgIpc) is 2.26. The lowest BCUT2D eigenvalue weighted by molar-refractivity contribution is 0.576. The molecular weight excluding hydrogens is 234 g/mol. The molecule has 0 saturated carbocycles. The third kappa shape index (κ3) is 4.32. The fourth-order valence-corrected chi connectivity index (χ4v) is 2.61. The minimum Gasteiger partial charge on any atom is -0.207 e. The van der Waals surface area contributed by atoms with Gasteiger partial charge in [-0.2, -0.15) is 0 Å². The van der Waals surface area contributed by atoms with Crippen molar-refractivity contribution in [1.82, 2.24) is 4.72 Å². The van der Waals surface area contributed by atoms with Crippen LogP contribution in [0.3, 0.4) is 0 Å². The first-order chi connectivity index (χ1) is 7.95. The molecule has 17 heavy (non-hydrogen) atoms. The van der Waals surface area contributed by atoms with Crippen LogP contribution in [0.15, 0.2) is 41.3 Å². The molecule has 0 fully saturated rings. The van der Waals surface area contributed by atoms with Gasteiger partial charge >= 0.3 is 0 Å². The van der Waals surface area contributed by atoms with Gasteiger partial charge in [0, 0.05) is 6.04 Å². The molecular formula is C13H19NO2S. The van der Waals surface area contributed by atoms with Crippen molar-refractivity contribution in [2.24, 2.45) is 0 Å². The van der Waals surface area contributed by atoms with Gasteiger partial charge < -0.3 is 0 Å². The van der Waals surface area contributed by atoms with Crippen LogP contribution in [0.5, 0.6) is 0 Å². The second-order valence-corrected chi connectivity index (χ2v) is 5.77. The van der Waals surface area contributed by atoms with E-state index in [1.54, 1.807) is 24.3 Å². The van der Waals surface area contributed by atoms with Crippen molar-refractivity contribution in [3.05, 3.63) is 42.0 Å². The van der Waals surface area contributed by atoms with Crippen LogP contribution in [0.2, 0.25) is 0 Å². The molecule has 0 aliphatic carbocycles. The van der Waals surface area contributed by atoms with E-state index in [1.807, 2.05) is 32.9 Å². The van der Waals surface area contributed by atoms with Gasteiger partial charge in [-0.3, -0.25) is 0 Å². The first-order valence-electron chi connectivity index (χ1n) is 5.71. The second kappa shape index (κ2) is 5.98. The standard InChI is InChI=1S/C13H19NO2S/c1-4-5-6-12(3)14-17(15,16)13-9-7-11(2)8-10-13/h5-10,12,14H,4H2,1-3H3/b6-5+. The lowest BCUT2D eigenvalue weighted by Gasteiger charge is -2.10. The fourth-order valence-electron chi connectivity index (χ4n) is 1.41. The van der Waals surface area contributed by atoms with Gasteiger partial charge in [-0.25, -0.2) is 13.1 Å². The SMILES string of the molecule is CC/C=C/C(C)NS(=O)(=O)c1ccc(C)cc1. The van der Waals surface area contributed by atoms with E-state index < -0.39 is 10.0 Å². The number of rotatable bonds is 5. The van der Waals surface area contributed by atoms with Gasteiger partial charge in [-0.1, -0.05) is 36.8 Å². The minimum atomic E-state index is -3.41. The van der Waals surface area contributed by atoms with Crippen LogP contribution < -0.4 is 4.72 Å². The molecule has 0 aromatic heterocycles. The molecule has 0 bridgehead atoms. The monoisotopic (exact) mass is 253 g/mol. The number of aryl methyl sites for hydroxylation is 1. The van der Waals surface area contributed by atoms with Crippen molar-refractivity contribution in [3.63, 3.8) is 0 Å². The summed E-state index contributed by atoms with van der Waals surface area (Å²) in [6.07, 6.45) is 4.70. The molecule has 0 radical (unpaired) electrons. The van der Waals surface area contributed by atoms with Crippen molar-refractivity contribution in [2.45, 2.75) is 38.1 Å². The highest BCUT2D eigenvalue weighted by Crippen LogP contribution is 2.10. The van der Waals surface area contributed by atoms with Gasteiger partial charge in [0.15, 0.2) is 0 Å². The van der Waals surface area contributed by atoms with E-state index in [0.29, 0.717) is 4.90 Å². The topological polar surface area (TPSA) is 46.2 Å². The number of sulfonamides is 1. The maximum atomic E-state index is 12.0. The second-order valence-electron chi connectivity index (χ2n) is 4.06. The molecule has 1 aromatic carbocycles. The van der Waals surface area contributed by atoms with Crippen molar-refractivity contribution >= 4 is 10.0 Å². The Balaban J connectivity index is 2.82. The molecule has 0 amide bonds. The third-order valence-corrected chi connectivity index (χ3v) is 3.91. The van der Waals surface area contributed by atoms with Gasteiger partial charge in [0.1, 0.15) is 0 Å². The Morgan fingerprint density at radius 3 is 2.41 bits per heavy atom. The first kappa shape index (κ1) is 13.9. The van der Waals surface area contributed by atoms with Crippen LogP contribution in [-0.4, -0.2) is 14.5 Å². The maximum absolute atomic E-state index is 12.0. The number of benzene rings is 1. The average molecular weight is 253 g/mol. The number of hydrogen-bond donors (Lipinski definition) is 1. The minimum absolute atomic E-state index is 0.193. The van der Waals surface area contributed by atoms with Crippen molar-refractivity contribution < 1.29 is 8.42 Å². The smallest absolute Gasteiger partial charge is 0.207 e. The van der Waals surface area contributed by atoms with Crippen LogP contribution in [0, 0.1) is 6.92 Å². The van der Waals surface area contributed by atoms with Crippen molar-refractivity contribution in [1.29, 1.82) is 0 Å². The number of hydrogen-bond acceptors (Lipinski definition) is 2. The zero-order valence-electron chi connectivity index (χ0n) is 10.5. The summed E-state index contributed by atoms with van der Waals surface area (Å²) in [7, 11) is -3.41. The highest BCUT2D eigenvalue weighted by molar-refractivity contribution is 7.89. The van der Waals surface area contributed by atoms with Gasteiger partial charge in [-0.15, -0.1) is 0 Å². The molecule has 3 nitrogen and oxygen atoms in total. The first-order valence-corrected chi connectivity index (χ1v) is 7.19. The number of allylic oxidation sites excluding steroid dienone is 1. The zero-order valence-corrected chi connectivity index (χ0v) is 11.3. The molecule has 1 N–H and O–H groups in total. The van der Waals surface area contributed by atoms with Gasteiger partial charge in [-0.05, 0) is 32.4 Å². The van der Waals surface area contributed by atoms with Gasteiger partial charge in [0.25, 0.3) is 0 Å². The van der Waals surface area contributed by atoms with Crippen LogP contribution in [0.1, 0.15) is 25.8 Å². The molecule has 0 spiro atoms. The lowest BCUT2D eigenvalue weighted by atomic mass is 10.2. The van der Waals surface area contributed by atoms with Crippen molar-refractivity contribution in [2.75, 3.05) is 0 Å². The predicted molar refractivity (Wildman–Crippen MR) is 70.4 cm³/mol. The molecule has 0 aliphatic heterocycles. The van der Waals surface area contributed by atoms with E-state index in [1.165, 1.54) is 0 Å². The van der Waals surface area contributed by atoms with E-state index in [-0.39, 0.29) is 6.04 Å². The Labute approximate surface area is 104 Å². The van der Waals surface area contributed by atoms with E-state index >= 15 is 0 Å². The summed E-state index contributed by atoms with van der Waals surface area (Å²) >= 11 is 0. The molecule has 0 aliphatic rings. The van der Waals surface area contributed by atoms with Gasteiger partial charge in [0.2, 0.25) is 10.0 Å². The highest BCUT2D eigenvalue weighted by atomic mass is 32.2. The molecule has 0 saturated heterocycles. The zero-order chi connectivity index (χ0) is 12.9. The highest BCUT2D eigenvalue weighted by Gasteiger charge is 2.15. The largest absolute Gasteiger partial charge is 0.241 e. The summed E-state index contributed by atoms with van der Waals surface area (Å²) in [6, 6.07) is 6.63. The Bertz CT molecular complexity index is 475. The van der Waals surface area contributed by atoms with E-state index in [0.717, 1.165) is 12.0 Å². The summed E-state index contributed by atoms with van der Waals surface area (Å²) in [4.78, 5) is 0.305. The third-order valence-electron chi connectivity index (χ3n) is 2.33. The molecule has 4 heteroatoms. The van der Waals surface area contributed by atoms with Crippen molar-refractivity contribution in [3.8, 4) is 0 Å². The normalized spacial score (nSPS) is 14.1. The Morgan fingerprint density at radius 2 is 1.88 bits per heavy atom. The van der Waals surface area contributed by atoms with Gasteiger partial charge in [0.05, 0.1) is 4.90 Å². The molecule has 1 aromatic rings. The number of nitrogens with one attached hydrogen (secondary N) is 1. The molecule has 1 rings (SSSR count). The summed E-state index contributed by atoms with van der Waals surface area (Å²) in [5, 5.41) is 0. The summed E-state index contributed by atoms with van der Waals surface area (Å²) < 4.78 is 26.6.